The molecule has 0 radical (unpaired) electrons. The van der Waals surface area contributed by atoms with Crippen molar-refractivity contribution < 1.29 is 0 Å². The van der Waals surface area contributed by atoms with E-state index in [1.54, 1.807) is 0 Å². The summed E-state index contributed by atoms with van der Waals surface area (Å²) in [6.45, 7) is 7.26. The van der Waals surface area contributed by atoms with Gasteiger partial charge in [-0.05, 0) is 18.9 Å². The first-order chi connectivity index (χ1) is 5.59. The van der Waals surface area contributed by atoms with Crippen LogP contribution in [0.4, 0.5) is 0 Å². The highest BCUT2D eigenvalue weighted by molar-refractivity contribution is 5.03. The molecule has 68 valence electrons. The van der Waals surface area contributed by atoms with Gasteiger partial charge in [0.1, 0.15) is 0 Å². The van der Waals surface area contributed by atoms with E-state index in [0.29, 0.717) is 5.92 Å². The fourth-order valence-electron chi connectivity index (χ4n) is 1.10. The number of hydrogen-bond acceptors (Lipinski definition) is 2. The van der Waals surface area contributed by atoms with Gasteiger partial charge in [-0.3, -0.25) is 4.68 Å². The van der Waals surface area contributed by atoms with E-state index in [-0.39, 0.29) is 6.04 Å². The van der Waals surface area contributed by atoms with Crippen LogP contribution in [0.1, 0.15) is 32.5 Å². The van der Waals surface area contributed by atoms with Crippen LogP contribution in [0, 0.1) is 5.92 Å². The standard InChI is InChI=1S/C9H17N3/c1-7(2)6-12-5-4-9(11-12)8(3)10/h4-5,7-8H,6,10H2,1-3H3. The van der Waals surface area contributed by atoms with Gasteiger partial charge in [-0.15, -0.1) is 0 Å². The summed E-state index contributed by atoms with van der Waals surface area (Å²) >= 11 is 0. The zero-order valence-electron chi connectivity index (χ0n) is 7.99. The van der Waals surface area contributed by atoms with Gasteiger partial charge in [-0.25, -0.2) is 0 Å². The lowest BCUT2D eigenvalue weighted by Gasteiger charge is -2.04. The second-order valence-electron chi connectivity index (χ2n) is 3.65. The van der Waals surface area contributed by atoms with Crippen molar-refractivity contribution in [2.24, 2.45) is 11.7 Å². The maximum Gasteiger partial charge on any atom is 0.0788 e. The summed E-state index contributed by atoms with van der Waals surface area (Å²) in [6.07, 6.45) is 1.98. The summed E-state index contributed by atoms with van der Waals surface area (Å²) in [4.78, 5) is 0. The minimum atomic E-state index is 0.0402. The Bertz CT molecular complexity index is 238. The summed E-state index contributed by atoms with van der Waals surface area (Å²) in [5, 5.41) is 4.34. The predicted molar refractivity (Wildman–Crippen MR) is 49.7 cm³/mol. The second-order valence-corrected chi connectivity index (χ2v) is 3.65. The molecule has 3 heteroatoms. The Kier molecular flexibility index (Phi) is 2.87. The van der Waals surface area contributed by atoms with Gasteiger partial charge in [0, 0.05) is 18.8 Å². The van der Waals surface area contributed by atoms with Crippen LogP contribution in [0.15, 0.2) is 12.3 Å². The van der Waals surface area contributed by atoms with E-state index in [1.807, 2.05) is 23.9 Å². The van der Waals surface area contributed by atoms with Crippen molar-refractivity contribution in [3.05, 3.63) is 18.0 Å². The lowest BCUT2D eigenvalue weighted by molar-refractivity contribution is 0.477. The third-order valence-corrected chi connectivity index (χ3v) is 1.68. The number of aromatic nitrogens is 2. The fourth-order valence-corrected chi connectivity index (χ4v) is 1.10. The van der Waals surface area contributed by atoms with E-state index in [2.05, 4.69) is 18.9 Å². The summed E-state index contributed by atoms with van der Waals surface area (Å²) in [7, 11) is 0. The van der Waals surface area contributed by atoms with E-state index >= 15 is 0 Å². The molecular weight excluding hydrogens is 150 g/mol. The van der Waals surface area contributed by atoms with E-state index in [4.69, 9.17) is 5.73 Å². The Balaban J connectivity index is 2.64. The van der Waals surface area contributed by atoms with E-state index in [9.17, 15) is 0 Å². The molecular formula is C9H17N3. The Labute approximate surface area is 73.6 Å². The quantitative estimate of drug-likeness (QED) is 0.742. The minimum absolute atomic E-state index is 0.0402. The molecule has 3 nitrogen and oxygen atoms in total. The summed E-state index contributed by atoms with van der Waals surface area (Å²) < 4.78 is 1.95. The monoisotopic (exact) mass is 167 g/mol. The largest absolute Gasteiger partial charge is 0.323 e. The van der Waals surface area contributed by atoms with Gasteiger partial charge in [-0.2, -0.15) is 5.10 Å². The van der Waals surface area contributed by atoms with Gasteiger partial charge in [0.05, 0.1) is 5.69 Å². The third kappa shape index (κ3) is 2.34. The first kappa shape index (κ1) is 9.26. The van der Waals surface area contributed by atoms with E-state index in [0.717, 1.165) is 12.2 Å². The molecule has 0 bridgehead atoms. The van der Waals surface area contributed by atoms with Crippen molar-refractivity contribution in [2.75, 3.05) is 0 Å². The summed E-state index contributed by atoms with van der Waals surface area (Å²) in [6, 6.07) is 2.02. The number of rotatable bonds is 3. The SMILES string of the molecule is CC(C)Cn1ccc(C(C)N)n1. The Morgan fingerprint density at radius 3 is 2.58 bits per heavy atom. The van der Waals surface area contributed by atoms with Crippen molar-refractivity contribution >= 4 is 0 Å². The molecule has 0 saturated heterocycles. The smallest absolute Gasteiger partial charge is 0.0788 e. The van der Waals surface area contributed by atoms with E-state index in [1.165, 1.54) is 0 Å². The molecule has 0 saturated carbocycles. The van der Waals surface area contributed by atoms with Crippen LogP contribution < -0.4 is 5.73 Å². The van der Waals surface area contributed by atoms with Gasteiger partial charge in [0.15, 0.2) is 0 Å². The zero-order chi connectivity index (χ0) is 9.14. The van der Waals surface area contributed by atoms with Crippen molar-refractivity contribution in [1.82, 2.24) is 9.78 Å². The molecule has 0 aliphatic rings. The van der Waals surface area contributed by atoms with Gasteiger partial charge in [0.25, 0.3) is 0 Å². The van der Waals surface area contributed by atoms with Crippen LogP contribution in [0.3, 0.4) is 0 Å². The molecule has 0 spiro atoms. The zero-order valence-corrected chi connectivity index (χ0v) is 7.99. The van der Waals surface area contributed by atoms with Crippen LogP contribution in [-0.4, -0.2) is 9.78 Å². The topological polar surface area (TPSA) is 43.8 Å². The molecule has 1 rings (SSSR count). The number of nitrogens with zero attached hydrogens (tertiary/aromatic N) is 2. The van der Waals surface area contributed by atoms with Gasteiger partial charge in [-0.1, -0.05) is 13.8 Å². The molecule has 12 heavy (non-hydrogen) atoms. The third-order valence-electron chi connectivity index (χ3n) is 1.68. The molecule has 0 aliphatic heterocycles. The van der Waals surface area contributed by atoms with Crippen molar-refractivity contribution in [3.8, 4) is 0 Å². The van der Waals surface area contributed by atoms with Crippen LogP contribution in [0.2, 0.25) is 0 Å². The van der Waals surface area contributed by atoms with Crippen molar-refractivity contribution in [1.29, 1.82) is 0 Å². The van der Waals surface area contributed by atoms with Crippen LogP contribution in [-0.2, 0) is 6.54 Å². The van der Waals surface area contributed by atoms with Crippen molar-refractivity contribution in [2.45, 2.75) is 33.4 Å². The Hall–Kier alpha value is -0.830. The van der Waals surface area contributed by atoms with Gasteiger partial charge < -0.3 is 5.73 Å². The maximum atomic E-state index is 5.68. The highest BCUT2D eigenvalue weighted by Gasteiger charge is 2.03. The van der Waals surface area contributed by atoms with Crippen LogP contribution >= 0.6 is 0 Å². The minimum Gasteiger partial charge on any atom is -0.323 e. The van der Waals surface area contributed by atoms with Crippen LogP contribution in [0.5, 0.6) is 0 Å². The predicted octanol–water partition coefficient (Wildman–Crippen LogP) is 1.56. The Morgan fingerprint density at radius 2 is 2.17 bits per heavy atom. The van der Waals surface area contributed by atoms with Gasteiger partial charge >= 0.3 is 0 Å². The molecule has 1 atom stereocenters. The fraction of sp³-hybridized carbons (Fsp3) is 0.667. The second kappa shape index (κ2) is 3.72. The van der Waals surface area contributed by atoms with Crippen molar-refractivity contribution in [3.63, 3.8) is 0 Å². The first-order valence-electron chi connectivity index (χ1n) is 4.38. The number of nitrogens with two attached hydrogens (primary N) is 1. The van der Waals surface area contributed by atoms with Gasteiger partial charge in [0.2, 0.25) is 0 Å². The molecule has 1 aromatic heterocycles. The normalized spacial score (nSPS) is 13.8. The average molecular weight is 167 g/mol. The average Bonchev–Trinajstić information content (AvgIpc) is 2.34. The highest BCUT2D eigenvalue weighted by atomic mass is 15.3. The summed E-state index contributed by atoms with van der Waals surface area (Å²) in [5.41, 5.74) is 6.65. The van der Waals surface area contributed by atoms with Crippen LogP contribution in [0.25, 0.3) is 0 Å². The first-order valence-corrected chi connectivity index (χ1v) is 4.38. The molecule has 1 aromatic rings. The number of hydrogen-bond donors (Lipinski definition) is 1. The lowest BCUT2D eigenvalue weighted by atomic mass is 10.2. The molecule has 0 fully saturated rings. The lowest BCUT2D eigenvalue weighted by Crippen LogP contribution is -2.09. The van der Waals surface area contributed by atoms with E-state index < -0.39 is 0 Å². The molecule has 1 heterocycles. The summed E-state index contributed by atoms with van der Waals surface area (Å²) in [5.74, 6) is 0.630. The maximum absolute atomic E-state index is 5.68. The molecule has 1 unspecified atom stereocenters. The Morgan fingerprint density at radius 1 is 1.50 bits per heavy atom. The molecule has 0 aliphatic carbocycles. The molecule has 2 N–H and O–H groups in total. The molecule has 0 aromatic carbocycles. The molecule has 0 amide bonds. The highest BCUT2D eigenvalue weighted by Crippen LogP contribution is 2.06.